The minimum Gasteiger partial charge on any atom is -0.356 e. The van der Waals surface area contributed by atoms with Gasteiger partial charge >= 0.3 is 0 Å². The second-order valence-electron chi connectivity index (χ2n) is 4.98. The van der Waals surface area contributed by atoms with Crippen molar-refractivity contribution in [3.05, 3.63) is 35.6 Å². The summed E-state index contributed by atoms with van der Waals surface area (Å²) in [4.78, 5) is 24.8. The molecule has 2 amide bonds. The number of nitrogens with zero attached hydrogens (tertiary/aromatic N) is 1. The van der Waals surface area contributed by atoms with Crippen LogP contribution in [0.3, 0.4) is 0 Å². The molecule has 1 aromatic rings. The van der Waals surface area contributed by atoms with E-state index in [1.54, 1.807) is 17.0 Å². The number of hydrogen-bond donors (Lipinski definition) is 1. The van der Waals surface area contributed by atoms with E-state index >= 15 is 0 Å². The Bertz CT molecular complexity index is 460. The van der Waals surface area contributed by atoms with Crippen LogP contribution in [0.25, 0.3) is 0 Å². The van der Waals surface area contributed by atoms with Crippen LogP contribution in [0.1, 0.15) is 32.3 Å². The molecule has 0 aliphatic carbocycles. The molecule has 0 aliphatic heterocycles. The summed E-state index contributed by atoms with van der Waals surface area (Å²) in [7, 11) is 0. The average Bonchev–Trinajstić information content (AvgIpc) is 2.46. The van der Waals surface area contributed by atoms with E-state index in [1.807, 2.05) is 6.92 Å². The molecule has 1 rings (SSSR count). The van der Waals surface area contributed by atoms with Gasteiger partial charge in [-0.1, -0.05) is 19.1 Å². The number of carbonyl (C=O) groups excluding carboxylic acids is 2. The lowest BCUT2D eigenvalue weighted by Gasteiger charge is -2.20. The number of amides is 2. The fourth-order valence-corrected chi connectivity index (χ4v) is 1.93. The number of hydrogen-bond acceptors (Lipinski definition) is 2. The summed E-state index contributed by atoms with van der Waals surface area (Å²) >= 11 is 0. The van der Waals surface area contributed by atoms with Crippen LogP contribution >= 0.6 is 0 Å². The van der Waals surface area contributed by atoms with Crippen molar-refractivity contribution in [3.63, 3.8) is 0 Å². The van der Waals surface area contributed by atoms with Gasteiger partial charge in [-0.25, -0.2) is 4.39 Å². The first-order valence-electron chi connectivity index (χ1n) is 7.29. The Labute approximate surface area is 125 Å². The maximum absolute atomic E-state index is 12.8. The Morgan fingerprint density at radius 2 is 1.86 bits per heavy atom. The molecule has 1 N–H and O–H groups in total. The molecule has 116 valence electrons. The van der Waals surface area contributed by atoms with Gasteiger partial charge in [0.25, 0.3) is 0 Å². The molecule has 0 aromatic heterocycles. The van der Waals surface area contributed by atoms with E-state index in [0.717, 1.165) is 12.0 Å². The minimum atomic E-state index is -0.269. The third-order valence-electron chi connectivity index (χ3n) is 3.21. The molecule has 0 unspecified atom stereocenters. The zero-order valence-corrected chi connectivity index (χ0v) is 12.7. The second kappa shape index (κ2) is 9.10. The molecule has 0 bridgehead atoms. The summed E-state index contributed by atoms with van der Waals surface area (Å²) in [6.45, 7) is 5.09. The van der Waals surface area contributed by atoms with Crippen molar-refractivity contribution in [3.8, 4) is 0 Å². The van der Waals surface area contributed by atoms with E-state index in [0.29, 0.717) is 32.5 Å². The Hall–Kier alpha value is -1.91. The summed E-state index contributed by atoms with van der Waals surface area (Å²) < 4.78 is 12.8. The predicted octanol–water partition coefficient (Wildman–Crippen LogP) is 2.13. The van der Waals surface area contributed by atoms with E-state index in [1.165, 1.54) is 19.1 Å². The Morgan fingerprint density at radius 3 is 2.43 bits per heavy atom. The number of benzene rings is 1. The molecule has 5 heteroatoms. The lowest BCUT2D eigenvalue weighted by Crippen LogP contribution is -2.35. The zero-order chi connectivity index (χ0) is 15.7. The van der Waals surface area contributed by atoms with Crippen LogP contribution in [0.4, 0.5) is 4.39 Å². The Balaban J connectivity index is 2.41. The molecule has 0 spiro atoms. The highest BCUT2D eigenvalue weighted by molar-refractivity contribution is 5.77. The molecule has 0 atom stereocenters. The van der Waals surface area contributed by atoms with Gasteiger partial charge in [-0.15, -0.1) is 0 Å². The second-order valence-corrected chi connectivity index (χ2v) is 4.98. The molecule has 1 aromatic carbocycles. The number of halogens is 1. The number of carbonyl (C=O) groups is 2. The van der Waals surface area contributed by atoms with E-state index < -0.39 is 0 Å². The van der Waals surface area contributed by atoms with E-state index in [2.05, 4.69) is 5.32 Å². The van der Waals surface area contributed by atoms with Gasteiger partial charge in [-0.05, 0) is 30.5 Å². The summed E-state index contributed by atoms with van der Waals surface area (Å²) in [5.41, 5.74) is 0.970. The van der Waals surface area contributed by atoms with Crippen LogP contribution in [0, 0.1) is 5.82 Å². The van der Waals surface area contributed by atoms with Gasteiger partial charge in [0.15, 0.2) is 0 Å². The van der Waals surface area contributed by atoms with E-state index in [-0.39, 0.29) is 17.6 Å². The quantitative estimate of drug-likeness (QED) is 0.798. The lowest BCUT2D eigenvalue weighted by molar-refractivity contribution is -0.129. The maximum atomic E-state index is 12.8. The van der Waals surface area contributed by atoms with Gasteiger partial charge in [0.05, 0.1) is 0 Å². The summed E-state index contributed by atoms with van der Waals surface area (Å²) in [5, 5.41) is 2.79. The van der Waals surface area contributed by atoms with Crippen molar-refractivity contribution in [2.45, 2.75) is 33.1 Å². The van der Waals surface area contributed by atoms with Gasteiger partial charge < -0.3 is 10.2 Å². The van der Waals surface area contributed by atoms with E-state index in [4.69, 9.17) is 0 Å². The normalized spacial score (nSPS) is 10.2. The molecule has 4 nitrogen and oxygen atoms in total. The monoisotopic (exact) mass is 294 g/mol. The molecule has 21 heavy (non-hydrogen) atoms. The SMILES string of the molecule is CCCNC(=O)CCN(CCc1ccc(F)cc1)C(C)=O. The molecule has 0 saturated heterocycles. The third-order valence-corrected chi connectivity index (χ3v) is 3.21. The molecule has 0 saturated carbocycles. The molecule has 0 fully saturated rings. The van der Waals surface area contributed by atoms with E-state index in [9.17, 15) is 14.0 Å². The highest BCUT2D eigenvalue weighted by atomic mass is 19.1. The van der Waals surface area contributed by atoms with Crippen molar-refractivity contribution in [2.75, 3.05) is 19.6 Å². The van der Waals surface area contributed by atoms with Gasteiger partial charge in [0, 0.05) is 33.0 Å². The Kier molecular flexibility index (Phi) is 7.43. The summed E-state index contributed by atoms with van der Waals surface area (Å²) in [5.74, 6) is -0.361. The Morgan fingerprint density at radius 1 is 1.19 bits per heavy atom. The van der Waals surface area contributed by atoms with Gasteiger partial charge in [0.1, 0.15) is 5.82 Å². The van der Waals surface area contributed by atoms with Crippen LogP contribution in [-0.2, 0) is 16.0 Å². The van der Waals surface area contributed by atoms with Crippen molar-refractivity contribution in [1.82, 2.24) is 10.2 Å². The topological polar surface area (TPSA) is 49.4 Å². The first-order valence-corrected chi connectivity index (χ1v) is 7.29. The van der Waals surface area contributed by atoms with Crippen molar-refractivity contribution in [2.24, 2.45) is 0 Å². The van der Waals surface area contributed by atoms with Gasteiger partial charge in [-0.3, -0.25) is 9.59 Å². The highest BCUT2D eigenvalue weighted by Crippen LogP contribution is 2.05. The maximum Gasteiger partial charge on any atom is 0.221 e. The molecular formula is C16H23FN2O2. The molecule has 0 radical (unpaired) electrons. The van der Waals surface area contributed by atoms with Crippen LogP contribution in [0.15, 0.2) is 24.3 Å². The fourth-order valence-electron chi connectivity index (χ4n) is 1.93. The summed E-state index contributed by atoms with van der Waals surface area (Å²) in [6.07, 6.45) is 1.85. The average molecular weight is 294 g/mol. The van der Waals surface area contributed by atoms with Crippen molar-refractivity contribution in [1.29, 1.82) is 0 Å². The number of rotatable bonds is 8. The summed E-state index contributed by atoms with van der Waals surface area (Å²) in [6, 6.07) is 6.24. The first kappa shape index (κ1) is 17.1. The number of nitrogens with one attached hydrogen (secondary N) is 1. The van der Waals surface area contributed by atoms with Crippen LogP contribution in [0.5, 0.6) is 0 Å². The molecular weight excluding hydrogens is 271 g/mol. The van der Waals surface area contributed by atoms with Crippen LogP contribution in [-0.4, -0.2) is 36.3 Å². The largest absolute Gasteiger partial charge is 0.356 e. The standard InChI is InChI=1S/C16H23FN2O2/c1-3-10-18-16(21)9-12-19(13(2)20)11-8-14-4-6-15(17)7-5-14/h4-7H,3,8-12H2,1-2H3,(H,18,21). The predicted molar refractivity (Wildman–Crippen MR) is 80.3 cm³/mol. The first-order chi connectivity index (χ1) is 10.0. The molecule has 0 aliphatic rings. The highest BCUT2D eigenvalue weighted by Gasteiger charge is 2.11. The smallest absolute Gasteiger partial charge is 0.221 e. The van der Waals surface area contributed by atoms with Crippen molar-refractivity contribution < 1.29 is 14.0 Å². The zero-order valence-electron chi connectivity index (χ0n) is 12.7. The lowest BCUT2D eigenvalue weighted by atomic mass is 10.1. The minimum absolute atomic E-state index is 0.0371. The third kappa shape index (κ3) is 6.88. The van der Waals surface area contributed by atoms with Crippen molar-refractivity contribution >= 4 is 11.8 Å². The molecule has 0 heterocycles. The van der Waals surface area contributed by atoms with Gasteiger partial charge in [0.2, 0.25) is 11.8 Å². The van der Waals surface area contributed by atoms with Crippen LogP contribution in [0.2, 0.25) is 0 Å². The van der Waals surface area contributed by atoms with Crippen LogP contribution < -0.4 is 5.32 Å². The fraction of sp³-hybridized carbons (Fsp3) is 0.500. The van der Waals surface area contributed by atoms with Gasteiger partial charge in [-0.2, -0.15) is 0 Å².